The highest BCUT2D eigenvalue weighted by Crippen LogP contribution is 2.25. The minimum atomic E-state index is -3.66. The van der Waals surface area contributed by atoms with Crippen molar-refractivity contribution in [2.75, 3.05) is 20.1 Å². The first-order chi connectivity index (χ1) is 9.95. The number of hydrogen-bond acceptors (Lipinski definition) is 3. The molecule has 1 saturated heterocycles. The summed E-state index contributed by atoms with van der Waals surface area (Å²) in [6.45, 7) is 0.653. The van der Waals surface area contributed by atoms with Gasteiger partial charge in [0.05, 0.1) is 4.90 Å². The van der Waals surface area contributed by atoms with Crippen molar-refractivity contribution in [2.45, 2.75) is 23.8 Å². The molecule has 0 radical (unpaired) electrons. The van der Waals surface area contributed by atoms with E-state index >= 15 is 0 Å². The summed E-state index contributed by atoms with van der Waals surface area (Å²) in [5.74, 6) is -0.479. The first kappa shape index (κ1) is 15.7. The van der Waals surface area contributed by atoms with Gasteiger partial charge in [0.15, 0.2) is 0 Å². The van der Waals surface area contributed by atoms with Crippen molar-refractivity contribution in [1.29, 1.82) is 0 Å². The average molecular weight is 315 g/mol. The first-order valence-corrected chi connectivity index (χ1v) is 8.12. The van der Waals surface area contributed by atoms with Crippen LogP contribution in [0.2, 0.25) is 0 Å². The van der Waals surface area contributed by atoms with E-state index in [1.165, 1.54) is 23.5 Å². The molecule has 1 atom stereocenters. The predicted octanol–water partition coefficient (Wildman–Crippen LogP) is 0.908. The molecule has 2 rings (SSSR count). The number of carbonyl (C=O) groups excluding carboxylic acids is 1. The lowest BCUT2D eigenvalue weighted by atomic mass is 10.2. The molecular weight excluding hydrogens is 297 g/mol. The predicted molar refractivity (Wildman–Crippen MR) is 75.8 cm³/mol. The van der Waals surface area contributed by atoms with Crippen LogP contribution in [0.4, 0.5) is 9.18 Å². The Morgan fingerprint density at radius 2 is 2.05 bits per heavy atom. The van der Waals surface area contributed by atoms with E-state index in [0.29, 0.717) is 13.0 Å². The molecule has 1 aliphatic rings. The minimum Gasteiger partial charge on any atom is -0.341 e. The lowest BCUT2D eigenvalue weighted by Gasteiger charge is -2.24. The van der Waals surface area contributed by atoms with Gasteiger partial charge in [-0.1, -0.05) is 0 Å². The molecule has 1 fully saturated rings. The molecule has 21 heavy (non-hydrogen) atoms. The van der Waals surface area contributed by atoms with E-state index < -0.39 is 15.8 Å². The largest absolute Gasteiger partial charge is 0.341 e. The lowest BCUT2D eigenvalue weighted by Crippen LogP contribution is -2.45. The van der Waals surface area contributed by atoms with Gasteiger partial charge < -0.3 is 10.6 Å². The van der Waals surface area contributed by atoms with E-state index in [4.69, 9.17) is 0 Å². The Balaban J connectivity index is 2.14. The smallest absolute Gasteiger partial charge is 0.314 e. The van der Waals surface area contributed by atoms with Gasteiger partial charge in [0.2, 0.25) is 10.0 Å². The fourth-order valence-corrected chi connectivity index (χ4v) is 4.06. The van der Waals surface area contributed by atoms with Crippen molar-refractivity contribution >= 4 is 16.1 Å². The van der Waals surface area contributed by atoms with Crippen LogP contribution in [-0.4, -0.2) is 44.9 Å². The van der Waals surface area contributed by atoms with Crippen LogP contribution >= 0.6 is 0 Å². The van der Waals surface area contributed by atoms with Crippen LogP contribution in [0.1, 0.15) is 12.8 Å². The summed E-state index contributed by atoms with van der Waals surface area (Å²) < 4.78 is 39.4. The fourth-order valence-electron chi connectivity index (χ4n) is 2.37. The zero-order valence-electron chi connectivity index (χ0n) is 11.7. The molecule has 0 aliphatic carbocycles. The van der Waals surface area contributed by atoms with Gasteiger partial charge in [-0.2, -0.15) is 4.31 Å². The molecule has 0 saturated carbocycles. The Kier molecular flexibility index (Phi) is 4.79. The third kappa shape index (κ3) is 3.51. The van der Waals surface area contributed by atoms with Gasteiger partial charge in [0.25, 0.3) is 0 Å². The molecule has 1 heterocycles. The van der Waals surface area contributed by atoms with Crippen LogP contribution in [0.5, 0.6) is 0 Å². The number of urea groups is 1. The molecule has 1 aromatic rings. The number of hydrogen-bond donors (Lipinski definition) is 2. The van der Waals surface area contributed by atoms with Crippen molar-refractivity contribution in [3.05, 3.63) is 30.1 Å². The van der Waals surface area contributed by atoms with Gasteiger partial charge in [-0.3, -0.25) is 0 Å². The molecule has 1 unspecified atom stereocenters. The van der Waals surface area contributed by atoms with Crippen LogP contribution in [0, 0.1) is 5.82 Å². The van der Waals surface area contributed by atoms with Crippen molar-refractivity contribution in [2.24, 2.45) is 0 Å². The maximum absolute atomic E-state index is 12.9. The van der Waals surface area contributed by atoms with Gasteiger partial charge in [-0.25, -0.2) is 17.6 Å². The molecule has 1 aromatic carbocycles. The fraction of sp³-hybridized carbons (Fsp3) is 0.462. The van der Waals surface area contributed by atoms with Crippen molar-refractivity contribution in [1.82, 2.24) is 14.9 Å². The molecule has 0 spiro atoms. The maximum Gasteiger partial charge on any atom is 0.314 e. The van der Waals surface area contributed by atoms with Crippen LogP contribution in [-0.2, 0) is 10.0 Å². The molecule has 1 aliphatic heterocycles. The van der Waals surface area contributed by atoms with Gasteiger partial charge in [-0.05, 0) is 37.1 Å². The quantitative estimate of drug-likeness (QED) is 0.867. The summed E-state index contributed by atoms with van der Waals surface area (Å²) in [4.78, 5) is 11.3. The molecule has 0 aromatic heterocycles. The third-order valence-electron chi connectivity index (χ3n) is 3.47. The Morgan fingerprint density at radius 1 is 1.38 bits per heavy atom. The van der Waals surface area contributed by atoms with Gasteiger partial charge in [-0.15, -0.1) is 0 Å². The van der Waals surface area contributed by atoms with E-state index in [-0.39, 0.29) is 23.5 Å². The van der Waals surface area contributed by atoms with Crippen LogP contribution in [0.3, 0.4) is 0 Å². The number of nitrogens with zero attached hydrogens (tertiary/aromatic N) is 1. The van der Waals surface area contributed by atoms with E-state index in [9.17, 15) is 17.6 Å². The van der Waals surface area contributed by atoms with Crippen LogP contribution in [0.25, 0.3) is 0 Å². The van der Waals surface area contributed by atoms with Crippen molar-refractivity contribution in [3.8, 4) is 0 Å². The second-order valence-electron chi connectivity index (χ2n) is 4.83. The number of rotatable bonds is 4. The topological polar surface area (TPSA) is 78.5 Å². The third-order valence-corrected chi connectivity index (χ3v) is 5.43. The Morgan fingerprint density at radius 3 is 2.67 bits per heavy atom. The van der Waals surface area contributed by atoms with Crippen LogP contribution < -0.4 is 10.6 Å². The second kappa shape index (κ2) is 6.40. The zero-order chi connectivity index (χ0) is 15.5. The normalized spacial score (nSPS) is 19.4. The molecule has 2 N–H and O–H groups in total. The number of sulfonamides is 1. The van der Waals surface area contributed by atoms with Gasteiger partial charge in [0.1, 0.15) is 5.82 Å². The number of benzene rings is 1. The Hall–Kier alpha value is -1.67. The second-order valence-corrected chi connectivity index (χ2v) is 6.72. The molecule has 6 nitrogen and oxygen atoms in total. The van der Waals surface area contributed by atoms with Crippen LogP contribution in [0.15, 0.2) is 29.2 Å². The van der Waals surface area contributed by atoms with E-state index in [1.807, 2.05) is 0 Å². The summed E-state index contributed by atoms with van der Waals surface area (Å²) >= 11 is 0. The summed E-state index contributed by atoms with van der Waals surface area (Å²) in [5, 5.41) is 5.04. The molecule has 116 valence electrons. The maximum atomic E-state index is 12.9. The van der Waals surface area contributed by atoms with E-state index in [2.05, 4.69) is 10.6 Å². The monoisotopic (exact) mass is 315 g/mol. The van der Waals surface area contributed by atoms with Gasteiger partial charge >= 0.3 is 6.03 Å². The molecular formula is C13H18FN3O3S. The Labute approximate surface area is 123 Å². The Bertz CT molecular complexity index is 604. The summed E-state index contributed by atoms with van der Waals surface area (Å²) in [7, 11) is -2.17. The standard InChI is InChI=1S/C13H18FN3O3S/c1-15-13(18)16-9-11-3-2-8-17(11)21(19,20)12-6-4-10(14)5-7-12/h4-7,11H,2-3,8-9H2,1H3,(H2,15,16,18). The average Bonchev–Trinajstić information content (AvgIpc) is 2.94. The van der Waals surface area contributed by atoms with Crippen molar-refractivity contribution in [3.63, 3.8) is 0 Å². The molecule has 0 bridgehead atoms. The highest BCUT2D eigenvalue weighted by molar-refractivity contribution is 7.89. The van der Waals surface area contributed by atoms with Gasteiger partial charge in [0, 0.05) is 26.2 Å². The van der Waals surface area contributed by atoms with Crippen molar-refractivity contribution < 1.29 is 17.6 Å². The van der Waals surface area contributed by atoms with E-state index in [1.54, 1.807) is 0 Å². The minimum absolute atomic E-state index is 0.0655. The zero-order valence-corrected chi connectivity index (χ0v) is 12.5. The highest BCUT2D eigenvalue weighted by Gasteiger charge is 2.35. The lowest BCUT2D eigenvalue weighted by molar-refractivity contribution is 0.240. The molecule has 2 amide bonds. The summed E-state index contributed by atoms with van der Waals surface area (Å²) in [5.41, 5.74) is 0. The number of nitrogens with one attached hydrogen (secondary N) is 2. The summed E-state index contributed by atoms with van der Waals surface area (Å²) in [6, 6.07) is 4.14. The SMILES string of the molecule is CNC(=O)NCC1CCCN1S(=O)(=O)c1ccc(F)cc1. The number of halogens is 1. The number of amides is 2. The summed E-state index contributed by atoms with van der Waals surface area (Å²) in [6.07, 6.45) is 1.42. The number of carbonyl (C=O) groups is 1. The first-order valence-electron chi connectivity index (χ1n) is 6.68. The molecule has 8 heteroatoms. The van der Waals surface area contributed by atoms with E-state index in [0.717, 1.165) is 18.6 Å². The highest BCUT2D eigenvalue weighted by atomic mass is 32.2.